The molecule has 2 aliphatic heterocycles. The Morgan fingerprint density at radius 2 is 1.79 bits per heavy atom. The summed E-state index contributed by atoms with van der Waals surface area (Å²) in [6.07, 6.45) is -0.986. The van der Waals surface area contributed by atoms with Crippen LogP contribution in [-0.4, -0.2) is 50.3 Å². The zero-order valence-corrected chi connectivity index (χ0v) is 18.7. The Bertz CT molecular complexity index is 1270. The molecule has 5 rings (SSSR count). The van der Waals surface area contributed by atoms with Gasteiger partial charge in [0.05, 0.1) is 12.2 Å². The van der Waals surface area contributed by atoms with Crippen molar-refractivity contribution in [3.05, 3.63) is 59.5 Å². The number of nitrogens with two attached hydrogens (primary N) is 1. The number of esters is 1. The molecule has 34 heavy (non-hydrogen) atoms. The van der Waals surface area contributed by atoms with Crippen molar-refractivity contribution in [3.63, 3.8) is 0 Å². The first-order valence-electron chi connectivity index (χ1n) is 10.5. The number of primary amides is 1. The van der Waals surface area contributed by atoms with Crippen LogP contribution in [0.1, 0.15) is 9.67 Å². The summed E-state index contributed by atoms with van der Waals surface area (Å²) < 4.78 is 22.0. The predicted molar refractivity (Wildman–Crippen MR) is 123 cm³/mol. The van der Waals surface area contributed by atoms with E-state index < -0.39 is 30.5 Å². The Balaban J connectivity index is 1.26. The van der Waals surface area contributed by atoms with Crippen molar-refractivity contribution < 1.29 is 33.3 Å². The van der Waals surface area contributed by atoms with Crippen LogP contribution in [0, 0.1) is 0 Å². The number of thiophene rings is 1. The second-order valence-corrected chi connectivity index (χ2v) is 8.66. The van der Waals surface area contributed by atoms with Crippen LogP contribution in [0.4, 0.5) is 5.69 Å². The molecule has 0 spiro atoms. The molecule has 1 unspecified atom stereocenters. The summed E-state index contributed by atoms with van der Waals surface area (Å²) in [5.41, 5.74) is 6.74. The summed E-state index contributed by atoms with van der Waals surface area (Å²) in [7, 11) is 0. The van der Waals surface area contributed by atoms with E-state index in [4.69, 9.17) is 24.7 Å². The zero-order valence-electron chi connectivity index (χ0n) is 17.9. The number of benzene rings is 2. The van der Waals surface area contributed by atoms with Gasteiger partial charge < -0.3 is 29.6 Å². The molecule has 0 aliphatic carbocycles. The normalized spacial score (nSPS) is 16.2. The minimum Gasteiger partial charge on any atom is -0.486 e. The van der Waals surface area contributed by atoms with Crippen LogP contribution in [0.25, 0.3) is 10.4 Å². The molecule has 2 aliphatic rings. The van der Waals surface area contributed by atoms with Gasteiger partial charge in [-0.25, -0.2) is 4.79 Å². The van der Waals surface area contributed by atoms with Crippen molar-refractivity contribution in [1.29, 1.82) is 0 Å². The molecule has 2 aromatic carbocycles. The predicted octanol–water partition coefficient (Wildman–Crippen LogP) is 2.62. The van der Waals surface area contributed by atoms with E-state index in [-0.39, 0.29) is 6.54 Å². The fraction of sp³-hybridized carbons (Fsp3) is 0.208. The minimum absolute atomic E-state index is 0.0595. The van der Waals surface area contributed by atoms with Gasteiger partial charge in [-0.15, -0.1) is 11.3 Å². The highest BCUT2D eigenvalue weighted by Gasteiger charge is 2.33. The van der Waals surface area contributed by atoms with Gasteiger partial charge in [0.1, 0.15) is 23.8 Å². The standard InChI is InChI=1S/C24H20N2O7S/c25-23(28)19-12-26(15-3-1-2-4-16(15)33-19)22(27)13-32-24(29)21-8-7-20(34-21)14-5-6-17-18(11-14)31-10-9-30-17/h1-8,11,19H,9-10,12-13H2,(H2,25,28). The van der Waals surface area contributed by atoms with E-state index in [1.54, 1.807) is 30.3 Å². The first-order valence-corrected chi connectivity index (χ1v) is 11.3. The highest BCUT2D eigenvalue weighted by molar-refractivity contribution is 7.17. The van der Waals surface area contributed by atoms with Crippen molar-refractivity contribution in [3.8, 4) is 27.7 Å². The number of hydrogen-bond acceptors (Lipinski definition) is 8. The molecule has 0 bridgehead atoms. The van der Waals surface area contributed by atoms with Crippen molar-refractivity contribution in [2.24, 2.45) is 5.73 Å². The highest BCUT2D eigenvalue weighted by atomic mass is 32.1. The summed E-state index contributed by atoms with van der Waals surface area (Å²) in [5, 5.41) is 0. The van der Waals surface area contributed by atoms with Gasteiger partial charge in [-0.3, -0.25) is 9.59 Å². The van der Waals surface area contributed by atoms with Gasteiger partial charge >= 0.3 is 5.97 Å². The fourth-order valence-electron chi connectivity index (χ4n) is 3.69. The number of amides is 2. The quantitative estimate of drug-likeness (QED) is 0.558. The average Bonchev–Trinajstić information content (AvgIpc) is 3.36. The lowest BCUT2D eigenvalue weighted by Gasteiger charge is -2.33. The van der Waals surface area contributed by atoms with Gasteiger partial charge in [-0.2, -0.15) is 0 Å². The third-order valence-electron chi connectivity index (χ3n) is 5.35. The Hall–Kier alpha value is -4.05. The van der Waals surface area contributed by atoms with Crippen LogP contribution in [0.5, 0.6) is 17.2 Å². The molecule has 0 fully saturated rings. The summed E-state index contributed by atoms with van der Waals surface area (Å²) in [4.78, 5) is 39.6. The van der Waals surface area contributed by atoms with Crippen molar-refractivity contribution in [2.45, 2.75) is 6.10 Å². The topological polar surface area (TPSA) is 117 Å². The molecule has 10 heteroatoms. The molecule has 1 aromatic heterocycles. The van der Waals surface area contributed by atoms with Crippen LogP contribution in [0.2, 0.25) is 0 Å². The van der Waals surface area contributed by atoms with E-state index in [2.05, 4.69) is 0 Å². The minimum atomic E-state index is -0.986. The Kier molecular flexibility index (Phi) is 5.81. The second kappa shape index (κ2) is 9.06. The summed E-state index contributed by atoms with van der Waals surface area (Å²) in [6.45, 7) is 0.450. The third kappa shape index (κ3) is 4.27. The van der Waals surface area contributed by atoms with Crippen molar-refractivity contribution in [2.75, 3.05) is 31.3 Å². The number of fused-ring (bicyclic) bond motifs is 2. The highest BCUT2D eigenvalue weighted by Crippen LogP contribution is 2.37. The number of rotatable bonds is 5. The molecule has 1 atom stereocenters. The van der Waals surface area contributed by atoms with Gasteiger partial charge in [0.15, 0.2) is 24.2 Å². The van der Waals surface area contributed by atoms with Gasteiger partial charge in [0.25, 0.3) is 11.8 Å². The van der Waals surface area contributed by atoms with Gasteiger partial charge in [-0.05, 0) is 48.0 Å². The van der Waals surface area contributed by atoms with E-state index in [0.29, 0.717) is 41.0 Å². The number of para-hydroxylation sites is 2. The molecular weight excluding hydrogens is 460 g/mol. The number of carbonyl (C=O) groups excluding carboxylic acids is 3. The lowest BCUT2D eigenvalue weighted by atomic mass is 10.1. The number of ether oxygens (including phenoxy) is 4. The van der Waals surface area contributed by atoms with E-state index in [1.807, 2.05) is 24.3 Å². The van der Waals surface area contributed by atoms with E-state index >= 15 is 0 Å². The molecule has 3 heterocycles. The van der Waals surface area contributed by atoms with E-state index in [1.165, 1.54) is 16.2 Å². The zero-order chi connectivity index (χ0) is 23.7. The molecule has 2 amide bonds. The van der Waals surface area contributed by atoms with Crippen LogP contribution >= 0.6 is 11.3 Å². The Morgan fingerprint density at radius 3 is 2.62 bits per heavy atom. The lowest BCUT2D eigenvalue weighted by molar-refractivity contribution is -0.126. The molecule has 2 N–H and O–H groups in total. The molecule has 0 saturated carbocycles. The SMILES string of the molecule is NC(=O)C1CN(C(=O)COC(=O)c2ccc(-c3ccc4c(c3)OCCO4)s2)c2ccccc2O1. The molecule has 0 radical (unpaired) electrons. The van der Waals surface area contributed by atoms with Crippen LogP contribution in [0.3, 0.4) is 0 Å². The van der Waals surface area contributed by atoms with Gasteiger partial charge in [0, 0.05) is 4.88 Å². The Morgan fingerprint density at radius 1 is 1.00 bits per heavy atom. The second-order valence-electron chi connectivity index (χ2n) is 7.58. The van der Waals surface area contributed by atoms with Crippen LogP contribution in [-0.2, 0) is 14.3 Å². The number of hydrogen-bond donors (Lipinski definition) is 1. The fourth-order valence-corrected chi connectivity index (χ4v) is 4.59. The lowest BCUT2D eigenvalue weighted by Crippen LogP contribution is -2.50. The van der Waals surface area contributed by atoms with Gasteiger partial charge in [-0.1, -0.05) is 12.1 Å². The molecule has 0 saturated heterocycles. The maximum Gasteiger partial charge on any atom is 0.348 e. The summed E-state index contributed by atoms with van der Waals surface area (Å²) in [5.74, 6) is -0.0805. The number of anilines is 1. The first-order chi connectivity index (χ1) is 16.5. The molecular formula is C24H20N2O7S. The monoisotopic (exact) mass is 480 g/mol. The first kappa shape index (κ1) is 21.8. The average molecular weight is 480 g/mol. The molecule has 174 valence electrons. The largest absolute Gasteiger partial charge is 0.486 e. The van der Waals surface area contributed by atoms with E-state index in [0.717, 1.165) is 10.4 Å². The number of nitrogens with zero attached hydrogens (tertiary/aromatic N) is 1. The Labute approximate surface area is 198 Å². The molecule has 3 aromatic rings. The molecule has 9 nitrogen and oxygen atoms in total. The number of carbonyl (C=O) groups is 3. The van der Waals surface area contributed by atoms with Crippen molar-refractivity contribution >= 4 is 34.8 Å². The van der Waals surface area contributed by atoms with Gasteiger partial charge in [0.2, 0.25) is 0 Å². The maximum atomic E-state index is 12.8. The smallest absolute Gasteiger partial charge is 0.348 e. The third-order valence-corrected chi connectivity index (χ3v) is 6.47. The van der Waals surface area contributed by atoms with Crippen molar-refractivity contribution in [1.82, 2.24) is 0 Å². The van der Waals surface area contributed by atoms with Crippen LogP contribution in [0.15, 0.2) is 54.6 Å². The van der Waals surface area contributed by atoms with Crippen LogP contribution < -0.4 is 24.8 Å². The summed E-state index contributed by atoms with van der Waals surface area (Å²) in [6, 6.07) is 15.8. The maximum absolute atomic E-state index is 12.8. The van der Waals surface area contributed by atoms with E-state index in [9.17, 15) is 14.4 Å². The summed E-state index contributed by atoms with van der Waals surface area (Å²) >= 11 is 1.25.